The Morgan fingerprint density at radius 1 is 1.04 bits per heavy atom. The average Bonchev–Trinajstić information content (AvgIpc) is 2.67. The Hall–Kier alpha value is -3.42. The molecule has 0 aliphatic rings. The first-order valence-electron chi connectivity index (χ1n) is 8.03. The first-order chi connectivity index (χ1) is 12.9. The maximum absolute atomic E-state index is 12.9. The summed E-state index contributed by atoms with van der Waals surface area (Å²) in [5.41, 5.74) is 3.57. The number of amides is 2. The quantitative estimate of drug-likeness (QED) is 0.577. The van der Waals surface area contributed by atoms with Crippen LogP contribution in [0.25, 0.3) is 0 Å². The van der Waals surface area contributed by atoms with E-state index >= 15 is 0 Å². The third-order valence-electron chi connectivity index (χ3n) is 3.51. The molecule has 2 aromatic rings. The fraction of sp³-hybridized carbons (Fsp3) is 0.211. The van der Waals surface area contributed by atoms with E-state index in [2.05, 4.69) is 15.8 Å². The maximum atomic E-state index is 12.9. The van der Waals surface area contributed by atoms with Crippen LogP contribution in [0, 0.1) is 5.82 Å². The molecule has 0 aliphatic heterocycles. The summed E-state index contributed by atoms with van der Waals surface area (Å²) in [5.74, 6) is -0.244. The van der Waals surface area contributed by atoms with Gasteiger partial charge in [-0.1, -0.05) is 0 Å². The van der Waals surface area contributed by atoms with Gasteiger partial charge < -0.3 is 14.8 Å². The van der Waals surface area contributed by atoms with Crippen molar-refractivity contribution < 1.29 is 23.5 Å². The molecule has 0 saturated carbocycles. The molecule has 2 amide bonds. The van der Waals surface area contributed by atoms with Crippen molar-refractivity contribution in [1.29, 1.82) is 0 Å². The minimum absolute atomic E-state index is 0.0287. The van der Waals surface area contributed by atoms with Crippen LogP contribution < -0.4 is 20.2 Å². The van der Waals surface area contributed by atoms with Crippen LogP contribution in [0.1, 0.15) is 23.7 Å². The standard InChI is InChI=1S/C19H20FN3O4/c1-12(8-18(24)21-15-6-4-14(20)5-7-15)22-23-19(25)13-9-16(26-2)11-17(10-13)27-3/h4-7,9-11H,8H2,1-3H3,(H,21,24)(H,23,25)/b22-12-. The van der Waals surface area contributed by atoms with Gasteiger partial charge in [0, 0.05) is 23.0 Å². The van der Waals surface area contributed by atoms with Crippen LogP contribution in [-0.2, 0) is 4.79 Å². The predicted octanol–water partition coefficient (Wildman–Crippen LogP) is 2.98. The molecule has 0 unspecified atom stereocenters. The monoisotopic (exact) mass is 373 g/mol. The molecule has 0 atom stereocenters. The number of benzene rings is 2. The van der Waals surface area contributed by atoms with Crippen molar-refractivity contribution >= 4 is 23.2 Å². The average molecular weight is 373 g/mol. The predicted molar refractivity (Wildman–Crippen MR) is 99.8 cm³/mol. The fourth-order valence-corrected chi connectivity index (χ4v) is 2.16. The van der Waals surface area contributed by atoms with Gasteiger partial charge in [0.05, 0.1) is 20.6 Å². The van der Waals surface area contributed by atoms with Gasteiger partial charge in [0.2, 0.25) is 5.91 Å². The Morgan fingerprint density at radius 3 is 2.19 bits per heavy atom. The zero-order valence-electron chi connectivity index (χ0n) is 15.2. The highest BCUT2D eigenvalue weighted by molar-refractivity contribution is 6.06. The van der Waals surface area contributed by atoms with E-state index in [4.69, 9.17) is 9.47 Å². The van der Waals surface area contributed by atoms with Crippen molar-refractivity contribution in [3.05, 3.63) is 53.8 Å². The summed E-state index contributed by atoms with van der Waals surface area (Å²) in [5, 5.41) is 6.54. The second-order valence-corrected chi connectivity index (χ2v) is 5.62. The third-order valence-corrected chi connectivity index (χ3v) is 3.51. The minimum Gasteiger partial charge on any atom is -0.497 e. The van der Waals surface area contributed by atoms with Crippen LogP contribution in [0.5, 0.6) is 11.5 Å². The molecule has 0 radical (unpaired) electrons. The van der Waals surface area contributed by atoms with Gasteiger partial charge >= 0.3 is 0 Å². The molecule has 0 bridgehead atoms. The van der Waals surface area contributed by atoms with E-state index < -0.39 is 5.91 Å². The van der Waals surface area contributed by atoms with Crippen LogP contribution in [-0.4, -0.2) is 31.7 Å². The largest absolute Gasteiger partial charge is 0.497 e. The van der Waals surface area contributed by atoms with Crippen LogP contribution in [0.2, 0.25) is 0 Å². The van der Waals surface area contributed by atoms with E-state index in [1.807, 2.05) is 0 Å². The molecule has 2 N–H and O–H groups in total. The van der Waals surface area contributed by atoms with E-state index in [-0.39, 0.29) is 18.1 Å². The van der Waals surface area contributed by atoms with Crippen molar-refractivity contribution in [3.63, 3.8) is 0 Å². The van der Waals surface area contributed by atoms with Gasteiger partial charge in [-0.3, -0.25) is 9.59 Å². The van der Waals surface area contributed by atoms with Gasteiger partial charge in [0.25, 0.3) is 5.91 Å². The number of methoxy groups -OCH3 is 2. The van der Waals surface area contributed by atoms with E-state index in [1.165, 1.54) is 38.5 Å². The molecular formula is C19H20FN3O4. The van der Waals surface area contributed by atoms with Crippen molar-refractivity contribution in [2.45, 2.75) is 13.3 Å². The molecule has 0 fully saturated rings. The van der Waals surface area contributed by atoms with Crippen LogP contribution in [0.15, 0.2) is 47.6 Å². The summed E-state index contributed by atoms with van der Waals surface area (Å²) in [4.78, 5) is 24.2. The fourth-order valence-electron chi connectivity index (χ4n) is 2.16. The zero-order valence-corrected chi connectivity index (χ0v) is 15.2. The highest BCUT2D eigenvalue weighted by atomic mass is 19.1. The molecule has 27 heavy (non-hydrogen) atoms. The van der Waals surface area contributed by atoms with E-state index in [1.54, 1.807) is 25.1 Å². The van der Waals surface area contributed by atoms with E-state index in [0.29, 0.717) is 28.5 Å². The molecule has 7 nitrogen and oxygen atoms in total. The second kappa shape index (κ2) is 9.33. The third kappa shape index (κ3) is 6.10. The molecule has 0 aromatic heterocycles. The number of hydrazone groups is 1. The Morgan fingerprint density at radius 2 is 1.63 bits per heavy atom. The number of nitrogens with zero attached hydrogens (tertiary/aromatic N) is 1. The number of hydrogen-bond acceptors (Lipinski definition) is 5. The Kier molecular flexibility index (Phi) is 6.87. The molecule has 0 aliphatic carbocycles. The van der Waals surface area contributed by atoms with Gasteiger partial charge in [-0.25, -0.2) is 9.82 Å². The second-order valence-electron chi connectivity index (χ2n) is 5.62. The van der Waals surface area contributed by atoms with Crippen molar-refractivity contribution in [1.82, 2.24) is 5.43 Å². The van der Waals surface area contributed by atoms with Gasteiger partial charge in [-0.15, -0.1) is 0 Å². The first kappa shape index (κ1) is 19.9. The molecule has 2 aromatic carbocycles. The van der Waals surface area contributed by atoms with Gasteiger partial charge in [0.15, 0.2) is 0 Å². The summed E-state index contributed by atoms with van der Waals surface area (Å²) < 4.78 is 23.1. The number of rotatable bonds is 7. The summed E-state index contributed by atoms with van der Waals surface area (Å²) in [7, 11) is 2.97. The van der Waals surface area contributed by atoms with Gasteiger partial charge in [-0.05, 0) is 43.3 Å². The number of nitrogens with one attached hydrogen (secondary N) is 2. The van der Waals surface area contributed by atoms with E-state index in [9.17, 15) is 14.0 Å². The smallest absolute Gasteiger partial charge is 0.271 e. The molecule has 0 saturated heterocycles. The highest BCUT2D eigenvalue weighted by Crippen LogP contribution is 2.22. The lowest BCUT2D eigenvalue weighted by Gasteiger charge is -2.08. The number of carbonyl (C=O) groups excluding carboxylic acids is 2. The summed E-state index contributed by atoms with van der Waals surface area (Å²) >= 11 is 0. The van der Waals surface area contributed by atoms with Gasteiger partial charge in [-0.2, -0.15) is 5.10 Å². The summed E-state index contributed by atoms with van der Waals surface area (Å²) in [6.07, 6.45) is -0.0287. The van der Waals surface area contributed by atoms with Gasteiger partial charge in [0.1, 0.15) is 17.3 Å². The lowest BCUT2D eigenvalue weighted by Crippen LogP contribution is -2.21. The number of ether oxygens (including phenoxy) is 2. The molecule has 0 heterocycles. The lowest BCUT2D eigenvalue weighted by atomic mass is 10.2. The first-order valence-corrected chi connectivity index (χ1v) is 8.03. The molecule has 2 rings (SSSR count). The summed E-state index contributed by atoms with van der Waals surface area (Å²) in [6, 6.07) is 10.1. The molecule has 0 spiro atoms. The lowest BCUT2D eigenvalue weighted by molar-refractivity contribution is -0.115. The Balaban J connectivity index is 1.95. The normalized spacial score (nSPS) is 10.9. The molecule has 142 valence electrons. The SMILES string of the molecule is COc1cc(OC)cc(C(=O)N/N=C(/C)CC(=O)Nc2ccc(F)cc2)c1. The van der Waals surface area contributed by atoms with E-state index in [0.717, 1.165) is 0 Å². The molecule has 8 heteroatoms. The minimum atomic E-state index is -0.467. The van der Waals surface area contributed by atoms with Crippen LogP contribution in [0.3, 0.4) is 0 Å². The topological polar surface area (TPSA) is 89.0 Å². The van der Waals surface area contributed by atoms with Crippen molar-refractivity contribution in [2.24, 2.45) is 5.10 Å². The van der Waals surface area contributed by atoms with Crippen LogP contribution >= 0.6 is 0 Å². The van der Waals surface area contributed by atoms with Crippen LogP contribution in [0.4, 0.5) is 10.1 Å². The number of anilines is 1. The summed E-state index contributed by atoms with van der Waals surface area (Å²) in [6.45, 7) is 1.61. The maximum Gasteiger partial charge on any atom is 0.271 e. The molecular weight excluding hydrogens is 353 g/mol. The van der Waals surface area contributed by atoms with Crippen molar-refractivity contribution in [3.8, 4) is 11.5 Å². The number of carbonyl (C=O) groups is 2. The number of halogens is 1. The highest BCUT2D eigenvalue weighted by Gasteiger charge is 2.10. The van der Waals surface area contributed by atoms with Crippen molar-refractivity contribution in [2.75, 3.05) is 19.5 Å². The number of hydrogen-bond donors (Lipinski definition) is 2. The Bertz CT molecular complexity index is 828. The zero-order chi connectivity index (χ0) is 19.8. The Labute approximate surface area is 156 Å².